The van der Waals surface area contributed by atoms with E-state index in [1.807, 2.05) is 0 Å². The highest BCUT2D eigenvalue weighted by molar-refractivity contribution is 5.19. The van der Waals surface area contributed by atoms with Crippen molar-refractivity contribution in [3.8, 4) is 0 Å². The van der Waals surface area contributed by atoms with Gasteiger partial charge in [-0.2, -0.15) is 0 Å². The Morgan fingerprint density at radius 3 is 2.58 bits per heavy atom. The summed E-state index contributed by atoms with van der Waals surface area (Å²) in [5.41, 5.74) is -0.363. The number of aliphatic hydroxyl groups is 2. The minimum absolute atomic E-state index is 0.253. The second kappa shape index (κ2) is 6.46. The summed E-state index contributed by atoms with van der Waals surface area (Å²) in [5, 5.41) is 23.3. The standard InChI is InChI=1S/C15H22FNO2/c16-13-7-3-2-6-12(13)14(18)10-17-11-15(19)8-4-1-5-9-15/h2-3,6-7,14,17-19H,1,4-5,8-11H2. The van der Waals surface area contributed by atoms with Gasteiger partial charge in [0, 0.05) is 18.7 Å². The zero-order valence-corrected chi connectivity index (χ0v) is 11.1. The summed E-state index contributed by atoms with van der Waals surface area (Å²) in [5.74, 6) is -0.395. The van der Waals surface area contributed by atoms with Crippen molar-refractivity contribution < 1.29 is 14.6 Å². The van der Waals surface area contributed by atoms with Crippen LogP contribution in [-0.4, -0.2) is 28.9 Å². The van der Waals surface area contributed by atoms with Crippen molar-refractivity contribution >= 4 is 0 Å². The summed E-state index contributed by atoms with van der Waals surface area (Å²) < 4.78 is 13.5. The molecule has 2 rings (SSSR count). The fourth-order valence-electron chi connectivity index (χ4n) is 2.68. The average Bonchev–Trinajstić information content (AvgIpc) is 2.39. The van der Waals surface area contributed by atoms with E-state index in [0.717, 1.165) is 25.7 Å². The van der Waals surface area contributed by atoms with Crippen LogP contribution in [0.1, 0.15) is 43.8 Å². The maximum atomic E-state index is 13.5. The lowest BCUT2D eigenvalue weighted by atomic mass is 9.85. The van der Waals surface area contributed by atoms with Gasteiger partial charge in [-0.15, -0.1) is 0 Å². The Balaban J connectivity index is 1.81. The van der Waals surface area contributed by atoms with Crippen LogP contribution in [-0.2, 0) is 0 Å². The molecule has 0 heterocycles. The highest BCUT2D eigenvalue weighted by Crippen LogP contribution is 2.27. The smallest absolute Gasteiger partial charge is 0.129 e. The van der Waals surface area contributed by atoms with Crippen LogP contribution in [0.2, 0.25) is 0 Å². The van der Waals surface area contributed by atoms with Crippen LogP contribution >= 0.6 is 0 Å². The molecule has 0 aliphatic heterocycles. The third kappa shape index (κ3) is 4.00. The van der Waals surface area contributed by atoms with Crippen LogP contribution in [0.3, 0.4) is 0 Å². The average molecular weight is 267 g/mol. The number of benzene rings is 1. The molecule has 1 saturated carbocycles. The molecule has 1 aliphatic rings. The van der Waals surface area contributed by atoms with Crippen molar-refractivity contribution in [2.45, 2.75) is 43.8 Å². The molecule has 3 nitrogen and oxygen atoms in total. The molecule has 0 amide bonds. The molecular weight excluding hydrogens is 245 g/mol. The van der Waals surface area contributed by atoms with E-state index in [0.29, 0.717) is 12.1 Å². The molecule has 0 aromatic heterocycles. The van der Waals surface area contributed by atoms with Gasteiger partial charge in [0.15, 0.2) is 0 Å². The molecule has 1 aromatic carbocycles. The fourth-order valence-corrected chi connectivity index (χ4v) is 2.68. The van der Waals surface area contributed by atoms with Crippen molar-refractivity contribution in [2.24, 2.45) is 0 Å². The second-order valence-corrected chi connectivity index (χ2v) is 5.45. The van der Waals surface area contributed by atoms with E-state index < -0.39 is 17.5 Å². The van der Waals surface area contributed by atoms with Crippen LogP contribution in [0.25, 0.3) is 0 Å². The first-order chi connectivity index (χ1) is 9.11. The van der Waals surface area contributed by atoms with Gasteiger partial charge in [0.2, 0.25) is 0 Å². The Morgan fingerprint density at radius 2 is 1.89 bits per heavy atom. The topological polar surface area (TPSA) is 52.5 Å². The molecule has 1 unspecified atom stereocenters. The van der Waals surface area contributed by atoms with Gasteiger partial charge in [-0.1, -0.05) is 37.5 Å². The normalized spacial score (nSPS) is 20.2. The molecule has 19 heavy (non-hydrogen) atoms. The van der Waals surface area contributed by atoms with Gasteiger partial charge < -0.3 is 15.5 Å². The van der Waals surface area contributed by atoms with E-state index in [9.17, 15) is 14.6 Å². The van der Waals surface area contributed by atoms with Crippen LogP contribution in [0.5, 0.6) is 0 Å². The molecule has 106 valence electrons. The van der Waals surface area contributed by atoms with Crippen molar-refractivity contribution in [1.82, 2.24) is 5.32 Å². The Hall–Kier alpha value is -0.970. The minimum Gasteiger partial charge on any atom is -0.389 e. The summed E-state index contributed by atoms with van der Waals surface area (Å²) in [6, 6.07) is 6.23. The van der Waals surface area contributed by atoms with E-state index in [2.05, 4.69) is 5.32 Å². The molecule has 1 aromatic rings. The van der Waals surface area contributed by atoms with Gasteiger partial charge in [-0.25, -0.2) is 4.39 Å². The fraction of sp³-hybridized carbons (Fsp3) is 0.600. The van der Waals surface area contributed by atoms with Crippen molar-refractivity contribution in [2.75, 3.05) is 13.1 Å². The van der Waals surface area contributed by atoms with Crippen LogP contribution < -0.4 is 5.32 Å². The first-order valence-corrected chi connectivity index (χ1v) is 6.96. The van der Waals surface area contributed by atoms with Gasteiger partial charge >= 0.3 is 0 Å². The Labute approximate surface area is 113 Å². The largest absolute Gasteiger partial charge is 0.389 e. The summed E-state index contributed by atoms with van der Waals surface area (Å²) >= 11 is 0. The molecular formula is C15H22FNO2. The van der Waals surface area contributed by atoms with E-state index in [-0.39, 0.29) is 6.54 Å². The molecule has 0 spiro atoms. The molecule has 0 saturated heterocycles. The number of aliphatic hydroxyl groups excluding tert-OH is 1. The Morgan fingerprint density at radius 1 is 1.21 bits per heavy atom. The molecule has 3 N–H and O–H groups in total. The van der Waals surface area contributed by atoms with Gasteiger partial charge in [0.05, 0.1) is 11.7 Å². The van der Waals surface area contributed by atoms with Crippen molar-refractivity contribution in [3.63, 3.8) is 0 Å². The van der Waals surface area contributed by atoms with Gasteiger partial charge in [0.25, 0.3) is 0 Å². The second-order valence-electron chi connectivity index (χ2n) is 5.45. The minimum atomic E-state index is -0.881. The molecule has 0 radical (unpaired) electrons. The Kier molecular flexibility index (Phi) is 4.91. The van der Waals surface area contributed by atoms with E-state index >= 15 is 0 Å². The van der Waals surface area contributed by atoms with Crippen molar-refractivity contribution in [1.29, 1.82) is 0 Å². The highest BCUT2D eigenvalue weighted by Gasteiger charge is 2.28. The lowest BCUT2D eigenvalue weighted by molar-refractivity contribution is 0.00258. The quantitative estimate of drug-likeness (QED) is 0.766. The summed E-state index contributed by atoms with van der Waals surface area (Å²) in [7, 11) is 0. The third-order valence-corrected chi connectivity index (χ3v) is 3.84. The summed E-state index contributed by atoms with van der Waals surface area (Å²) in [4.78, 5) is 0. The lowest BCUT2D eigenvalue weighted by Crippen LogP contribution is -2.43. The summed E-state index contributed by atoms with van der Waals surface area (Å²) in [6.07, 6.45) is 4.00. The van der Waals surface area contributed by atoms with E-state index in [1.165, 1.54) is 12.5 Å². The van der Waals surface area contributed by atoms with Crippen LogP contribution in [0.15, 0.2) is 24.3 Å². The maximum absolute atomic E-state index is 13.5. The molecule has 0 bridgehead atoms. The van der Waals surface area contributed by atoms with Crippen LogP contribution in [0.4, 0.5) is 4.39 Å². The lowest BCUT2D eigenvalue weighted by Gasteiger charge is -2.32. The van der Waals surface area contributed by atoms with E-state index in [4.69, 9.17) is 0 Å². The van der Waals surface area contributed by atoms with Crippen molar-refractivity contribution in [3.05, 3.63) is 35.6 Å². The number of hydrogen-bond acceptors (Lipinski definition) is 3. The number of halogens is 1. The number of nitrogens with one attached hydrogen (secondary N) is 1. The van der Waals surface area contributed by atoms with Gasteiger partial charge in [0.1, 0.15) is 5.82 Å². The first kappa shape index (κ1) is 14.4. The highest BCUT2D eigenvalue weighted by atomic mass is 19.1. The predicted octanol–water partition coefficient (Wildman–Crippen LogP) is 2.14. The van der Waals surface area contributed by atoms with Crippen LogP contribution in [0, 0.1) is 5.82 Å². The van der Waals surface area contributed by atoms with Gasteiger partial charge in [-0.05, 0) is 18.9 Å². The molecule has 1 aliphatic carbocycles. The van der Waals surface area contributed by atoms with Gasteiger partial charge in [-0.3, -0.25) is 0 Å². The maximum Gasteiger partial charge on any atom is 0.129 e. The number of rotatable bonds is 5. The SMILES string of the molecule is OC(CNCC1(O)CCCCC1)c1ccccc1F. The van der Waals surface area contributed by atoms with E-state index in [1.54, 1.807) is 18.2 Å². The zero-order valence-electron chi connectivity index (χ0n) is 11.1. The zero-order chi connectivity index (χ0) is 13.7. The monoisotopic (exact) mass is 267 g/mol. The Bertz CT molecular complexity index is 405. The summed E-state index contributed by atoms with van der Waals surface area (Å²) in [6.45, 7) is 0.710. The predicted molar refractivity (Wildman–Crippen MR) is 72.3 cm³/mol. The molecule has 4 heteroatoms. The number of hydrogen-bond donors (Lipinski definition) is 3. The first-order valence-electron chi connectivity index (χ1n) is 6.96. The molecule has 1 fully saturated rings. The third-order valence-electron chi connectivity index (χ3n) is 3.84. The molecule has 1 atom stereocenters.